The van der Waals surface area contributed by atoms with Gasteiger partial charge in [-0.2, -0.15) is 52.7 Å². The average molecular weight is 1380 g/mol. The van der Waals surface area contributed by atoms with Crippen LogP contribution in [0.15, 0.2) is 170 Å². The summed E-state index contributed by atoms with van der Waals surface area (Å²) < 4.78 is 206. The van der Waals surface area contributed by atoms with E-state index in [1.165, 1.54) is 100 Å². The topological polar surface area (TPSA) is 92.3 Å². The molecule has 0 bridgehead atoms. The zero-order chi connectivity index (χ0) is 63.5. The third-order valence-corrected chi connectivity index (χ3v) is 14.6. The minimum absolute atomic E-state index is 0. The van der Waals surface area contributed by atoms with Crippen LogP contribution in [0.4, 0.5) is 77.2 Å². The number of amides is 2. The predicted octanol–water partition coefficient (Wildman–Crippen LogP) is 12.1. The summed E-state index contributed by atoms with van der Waals surface area (Å²) in [5.41, 5.74) is -6.16. The Hall–Kier alpha value is -6.74. The van der Waals surface area contributed by atoms with Crippen LogP contribution in [0.25, 0.3) is 0 Å². The molecule has 0 aliphatic heterocycles. The van der Waals surface area contributed by atoms with Gasteiger partial charge in [0, 0.05) is 57.6 Å². The molecule has 8 aromatic rings. The van der Waals surface area contributed by atoms with E-state index in [1.807, 2.05) is 0 Å². The summed E-state index contributed by atoms with van der Waals surface area (Å²) in [6, 6.07) is 30.1. The second-order valence-corrected chi connectivity index (χ2v) is 20.5. The Morgan fingerprint density at radius 2 is 0.705 bits per heavy atom. The number of alkyl halides is 14. The van der Waals surface area contributed by atoms with Crippen molar-refractivity contribution < 1.29 is 159 Å². The SMILES string of the molecule is Cc1cc(C(Cl)(c2ccc(C(F)(F)F)cc2)C(F)(F)F)cc(C)c1CC(=O)c1cccc(NC(=O)c2ccc(F)cc2)c1.Cc1cc(C(F)(c2ccc(C(F)(F)F)cc2)C(F)(F)F)cc(C)c1CC(=O)c1cccc(NC(=O)c2ccc(F)cc2)c1.[Cs+].[F-]. The molecule has 456 valence electrons. The van der Waals surface area contributed by atoms with E-state index in [9.17, 15) is 80.6 Å². The van der Waals surface area contributed by atoms with Gasteiger partial charge < -0.3 is 15.3 Å². The maximum atomic E-state index is 16.0. The zero-order valence-electron chi connectivity index (χ0n) is 46.6. The van der Waals surface area contributed by atoms with Crippen LogP contribution in [-0.2, 0) is 35.7 Å². The standard InChI is InChI=1S/C32H23ClF7NO2.C32H23F8NO2.Cs.FH/c1-18-14-24(30(33,32(38,39)40)22-8-10-23(11-9-22)31(35,36)37)15-19(2)27(18)17-28(42)21-4-3-5-26(16-21)41-29(43)20-6-12-25(34)13-7-20;1-18-14-24(30(34,32(38,39)40)22-8-10-23(11-9-22)31(35,36)37)15-19(2)27(18)17-28(42)21-4-3-5-26(16-21)41-29(43)20-6-12-25(33)13-7-20;;/h2*3-16H,17H2,1-2H3,(H,41,43);;1H/q;;+1;/p-1. The van der Waals surface area contributed by atoms with Crippen LogP contribution in [0.5, 0.6) is 0 Å². The van der Waals surface area contributed by atoms with Crippen molar-refractivity contribution in [2.24, 2.45) is 0 Å². The van der Waals surface area contributed by atoms with E-state index in [4.69, 9.17) is 11.6 Å². The van der Waals surface area contributed by atoms with Crippen LogP contribution < -0.4 is 84.2 Å². The van der Waals surface area contributed by atoms with Crippen LogP contribution in [-0.4, -0.2) is 35.7 Å². The van der Waals surface area contributed by atoms with Gasteiger partial charge in [0.15, 0.2) is 16.4 Å². The molecular formula is C64H46ClCsF16N2O4. The van der Waals surface area contributed by atoms with E-state index < -0.39 is 97.9 Å². The van der Waals surface area contributed by atoms with Gasteiger partial charge in [0.1, 0.15) is 11.6 Å². The molecule has 0 aromatic heterocycles. The van der Waals surface area contributed by atoms with E-state index in [-0.39, 0.29) is 131 Å². The second-order valence-electron chi connectivity index (χ2n) is 19.9. The van der Waals surface area contributed by atoms with Crippen molar-refractivity contribution >= 4 is 46.4 Å². The zero-order valence-corrected chi connectivity index (χ0v) is 53.7. The maximum absolute atomic E-state index is 16.0. The average Bonchev–Trinajstić information content (AvgIpc) is 1.52. The molecule has 88 heavy (non-hydrogen) atoms. The molecule has 0 fully saturated rings. The summed E-state index contributed by atoms with van der Waals surface area (Å²) in [5.74, 6) is -2.90. The first-order chi connectivity index (χ1) is 40.0. The third kappa shape index (κ3) is 16.6. The smallest absolute Gasteiger partial charge is 1.00 e. The molecule has 2 unspecified atom stereocenters. The van der Waals surface area contributed by atoms with Gasteiger partial charge in [-0.15, -0.1) is 0 Å². The number of ketones is 2. The predicted molar refractivity (Wildman–Crippen MR) is 293 cm³/mol. The Balaban J connectivity index is 0.000000313. The molecule has 0 radical (unpaired) electrons. The molecule has 8 aromatic carbocycles. The maximum Gasteiger partial charge on any atom is 1.00 e. The van der Waals surface area contributed by atoms with Crippen molar-refractivity contribution in [1.82, 2.24) is 0 Å². The number of halogens is 17. The first-order valence-electron chi connectivity index (χ1n) is 25.5. The van der Waals surface area contributed by atoms with Crippen LogP contribution in [0.3, 0.4) is 0 Å². The third-order valence-electron chi connectivity index (χ3n) is 14.0. The fraction of sp³-hybridized carbons (Fsp3) is 0.188. The first kappa shape index (κ1) is 72.0. The van der Waals surface area contributed by atoms with E-state index in [1.54, 1.807) is 12.1 Å². The normalized spacial score (nSPS) is 13.0. The van der Waals surface area contributed by atoms with E-state index in [2.05, 4.69) is 10.6 Å². The molecule has 2 N–H and O–H groups in total. The van der Waals surface area contributed by atoms with Crippen molar-refractivity contribution in [3.05, 3.63) is 271 Å². The summed E-state index contributed by atoms with van der Waals surface area (Å²) in [4.78, 5) is 48.1. The molecular weight excluding hydrogens is 1330 g/mol. The number of nitrogens with one attached hydrogen (secondary N) is 2. The summed E-state index contributed by atoms with van der Waals surface area (Å²) in [6.07, 6.45) is -20.6. The number of hydrogen-bond donors (Lipinski definition) is 2. The van der Waals surface area contributed by atoms with Crippen LogP contribution in [0.1, 0.15) is 108 Å². The van der Waals surface area contributed by atoms with Crippen LogP contribution in [0.2, 0.25) is 0 Å². The fourth-order valence-electron chi connectivity index (χ4n) is 9.38. The quantitative estimate of drug-likeness (QED) is 0.0645. The molecule has 2 amide bonds. The van der Waals surface area contributed by atoms with Crippen molar-refractivity contribution in [2.45, 2.75) is 75.8 Å². The van der Waals surface area contributed by atoms with Gasteiger partial charge in [0.05, 0.1) is 11.1 Å². The summed E-state index contributed by atoms with van der Waals surface area (Å²) in [5, 5.41) is 5.23. The summed E-state index contributed by atoms with van der Waals surface area (Å²) in [6.45, 7) is 5.84. The number of carbonyl (C=O) groups is 4. The van der Waals surface area contributed by atoms with Crippen molar-refractivity contribution in [3.8, 4) is 0 Å². The number of carbonyl (C=O) groups excluding carboxylic acids is 4. The van der Waals surface area contributed by atoms with Crippen molar-refractivity contribution in [2.75, 3.05) is 10.6 Å². The first-order valence-corrected chi connectivity index (χ1v) is 25.9. The molecule has 0 heterocycles. The molecule has 0 spiro atoms. The summed E-state index contributed by atoms with van der Waals surface area (Å²) >= 11 is 6.22. The van der Waals surface area contributed by atoms with Gasteiger partial charge >= 0.3 is 93.6 Å². The molecule has 0 aliphatic carbocycles. The Labute approximate surface area is 556 Å². The van der Waals surface area contributed by atoms with E-state index in [0.29, 0.717) is 76.5 Å². The van der Waals surface area contributed by atoms with Crippen LogP contribution in [0, 0.1) is 39.3 Å². The number of anilines is 2. The minimum atomic E-state index is -5.51. The molecule has 0 saturated carbocycles. The second kappa shape index (κ2) is 28.4. The van der Waals surface area contributed by atoms with Gasteiger partial charge in [0.2, 0.25) is 0 Å². The Morgan fingerprint density at radius 3 is 1.02 bits per heavy atom. The molecule has 0 saturated heterocycles. The van der Waals surface area contributed by atoms with Crippen molar-refractivity contribution in [3.63, 3.8) is 0 Å². The molecule has 6 nitrogen and oxygen atoms in total. The fourth-order valence-corrected chi connectivity index (χ4v) is 9.62. The number of Topliss-reactive ketones (excluding diaryl/α,β-unsaturated/α-hetero) is 2. The largest absolute Gasteiger partial charge is 1.00 e. The monoisotopic (exact) mass is 1380 g/mol. The number of aryl methyl sites for hydroxylation is 4. The van der Waals surface area contributed by atoms with Gasteiger partial charge in [-0.25, -0.2) is 13.2 Å². The van der Waals surface area contributed by atoms with Gasteiger partial charge in [0.25, 0.3) is 17.5 Å². The number of hydrogen-bond acceptors (Lipinski definition) is 4. The van der Waals surface area contributed by atoms with Gasteiger partial charge in [-0.1, -0.05) is 84.4 Å². The van der Waals surface area contributed by atoms with Gasteiger partial charge in [-0.3, -0.25) is 19.2 Å². The van der Waals surface area contributed by atoms with Crippen molar-refractivity contribution in [1.29, 1.82) is 0 Å². The Morgan fingerprint density at radius 1 is 0.386 bits per heavy atom. The Bertz CT molecular complexity index is 3540. The Kier molecular flexibility index (Phi) is 23.2. The molecule has 24 heteroatoms. The van der Waals surface area contributed by atoms with E-state index in [0.717, 1.165) is 36.4 Å². The number of rotatable bonds is 14. The number of benzene rings is 8. The van der Waals surface area contributed by atoms with Gasteiger partial charge in [-0.05, 0) is 169 Å². The van der Waals surface area contributed by atoms with E-state index >= 15 is 4.39 Å². The molecule has 2 atom stereocenters. The summed E-state index contributed by atoms with van der Waals surface area (Å²) in [7, 11) is 0. The van der Waals surface area contributed by atoms with Crippen LogP contribution >= 0.6 is 11.6 Å². The minimum Gasteiger partial charge on any atom is -1.00 e. The molecule has 0 aliphatic rings. The molecule has 8 rings (SSSR count).